The van der Waals surface area contributed by atoms with Crippen molar-refractivity contribution in [2.45, 2.75) is 25.7 Å². The lowest BCUT2D eigenvalue weighted by molar-refractivity contribution is -0.116. The number of nitrogens with one attached hydrogen (secondary N) is 1. The molecule has 1 aliphatic rings. The van der Waals surface area contributed by atoms with Gasteiger partial charge in [-0.2, -0.15) is 0 Å². The largest absolute Gasteiger partial charge is 0.361 e. The number of benzene rings is 1. The molecule has 0 aromatic heterocycles. The maximum absolute atomic E-state index is 11.6. The lowest BCUT2D eigenvalue weighted by Crippen LogP contribution is -2.09. The van der Waals surface area contributed by atoms with E-state index >= 15 is 0 Å². The molecule has 3 heteroatoms. The van der Waals surface area contributed by atoms with Crippen LogP contribution in [-0.2, 0) is 4.79 Å². The standard InChI is InChI=1S/C13H14BrNO/c14-11-5-3-6-12(8-11)15-9-10-4-1-2-7-13(10)16/h3,5-6,8-9,15H,1-2,4,7H2/b10-9-. The summed E-state index contributed by atoms with van der Waals surface area (Å²) in [6, 6.07) is 7.91. The maximum Gasteiger partial charge on any atom is 0.160 e. The number of Topliss-reactive ketones (excluding diaryl/α,β-unsaturated/α-hetero) is 1. The van der Waals surface area contributed by atoms with E-state index < -0.39 is 0 Å². The summed E-state index contributed by atoms with van der Waals surface area (Å²) in [6.45, 7) is 0. The number of carbonyl (C=O) groups excluding carboxylic acids is 1. The summed E-state index contributed by atoms with van der Waals surface area (Å²) in [7, 11) is 0. The lowest BCUT2D eigenvalue weighted by Gasteiger charge is -2.12. The van der Waals surface area contributed by atoms with Crippen molar-refractivity contribution in [2.24, 2.45) is 0 Å². The number of halogens is 1. The van der Waals surface area contributed by atoms with Gasteiger partial charge in [0.25, 0.3) is 0 Å². The van der Waals surface area contributed by atoms with Crippen molar-refractivity contribution in [3.8, 4) is 0 Å². The number of ketones is 1. The zero-order valence-electron chi connectivity index (χ0n) is 9.00. The summed E-state index contributed by atoms with van der Waals surface area (Å²) in [5, 5.41) is 3.17. The molecule has 2 nitrogen and oxygen atoms in total. The summed E-state index contributed by atoms with van der Waals surface area (Å²) >= 11 is 3.41. The van der Waals surface area contributed by atoms with E-state index in [1.807, 2.05) is 30.5 Å². The Labute approximate surface area is 104 Å². The highest BCUT2D eigenvalue weighted by Crippen LogP contribution is 2.21. The normalized spacial score (nSPS) is 18.8. The SMILES string of the molecule is O=C1CCCC/C1=C/Nc1cccc(Br)c1. The number of anilines is 1. The molecule has 1 fully saturated rings. The third-order valence-electron chi connectivity index (χ3n) is 2.70. The number of rotatable bonds is 2. The van der Waals surface area contributed by atoms with Gasteiger partial charge in [-0.3, -0.25) is 4.79 Å². The molecule has 2 rings (SSSR count). The first-order chi connectivity index (χ1) is 7.75. The molecule has 0 amide bonds. The van der Waals surface area contributed by atoms with Gasteiger partial charge in [0.1, 0.15) is 0 Å². The molecule has 84 valence electrons. The van der Waals surface area contributed by atoms with Crippen molar-refractivity contribution < 1.29 is 4.79 Å². The Morgan fingerprint density at radius 3 is 2.81 bits per heavy atom. The first-order valence-electron chi connectivity index (χ1n) is 5.50. The van der Waals surface area contributed by atoms with Crippen LogP contribution >= 0.6 is 15.9 Å². The maximum atomic E-state index is 11.6. The van der Waals surface area contributed by atoms with Crippen molar-refractivity contribution in [1.82, 2.24) is 0 Å². The van der Waals surface area contributed by atoms with Crippen LogP contribution in [0, 0.1) is 0 Å². The first kappa shape index (κ1) is 11.4. The molecule has 1 saturated carbocycles. The quantitative estimate of drug-likeness (QED) is 0.833. The Balaban J connectivity index is 2.05. The number of hydrogen-bond acceptors (Lipinski definition) is 2. The molecule has 16 heavy (non-hydrogen) atoms. The van der Waals surface area contributed by atoms with Crippen LogP contribution in [0.25, 0.3) is 0 Å². The smallest absolute Gasteiger partial charge is 0.160 e. The van der Waals surface area contributed by atoms with Gasteiger partial charge in [-0.15, -0.1) is 0 Å². The molecular weight excluding hydrogens is 266 g/mol. The predicted octanol–water partition coefficient (Wildman–Crippen LogP) is 3.89. The van der Waals surface area contributed by atoms with E-state index in [1.165, 1.54) is 0 Å². The van der Waals surface area contributed by atoms with Crippen LogP contribution < -0.4 is 5.32 Å². The molecule has 0 spiro atoms. The molecule has 1 aliphatic carbocycles. The van der Waals surface area contributed by atoms with Crippen LogP contribution in [0.5, 0.6) is 0 Å². The second-order valence-corrected chi connectivity index (χ2v) is 4.87. The Kier molecular flexibility index (Phi) is 3.78. The van der Waals surface area contributed by atoms with Gasteiger partial charge in [0.05, 0.1) is 0 Å². The number of carbonyl (C=O) groups is 1. The van der Waals surface area contributed by atoms with Crippen molar-refractivity contribution in [3.63, 3.8) is 0 Å². The van der Waals surface area contributed by atoms with Crippen molar-refractivity contribution in [1.29, 1.82) is 0 Å². The topological polar surface area (TPSA) is 29.1 Å². The van der Waals surface area contributed by atoms with Crippen molar-refractivity contribution in [3.05, 3.63) is 40.5 Å². The zero-order valence-corrected chi connectivity index (χ0v) is 10.6. The molecular formula is C13H14BrNO. The van der Waals surface area contributed by atoms with Gasteiger partial charge < -0.3 is 5.32 Å². The van der Waals surface area contributed by atoms with Crippen LogP contribution in [0.3, 0.4) is 0 Å². The lowest BCUT2D eigenvalue weighted by atomic mass is 9.94. The van der Waals surface area contributed by atoms with Crippen molar-refractivity contribution >= 4 is 27.4 Å². The van der Waals surface area contributed by atoms with Gasteiger partial charge in [-0.25, -0.2) is 0 Å². The number of allylic oxidation sites excluding steroid dienone is 1. The average molecular weight is 280 g/mol. The van der Waals surface area contributed by atoms with E-state index in [9.17, 15) is 4.79 Å². The van der Waals surface area contributed by atoms with Crippen LogP contribution in [0.2, 0.25) is 0 Å². The molecule has 1 aromatic rings. The fourth-order valence-corrected chi connectivity index (χ4v) is 2.20. The van der Waals surface area contributed by atoms with Gasteiger partial charge in [0.2, 0.25) is 0 Å². The van der Waals surface area contributed by atoms with E-state index in [2.05, 4.69) is 21.2 Å². The van der Waals surface area contributed by atoms with Crippen LogP contribution in [0.4, 0.5) is 5.69 Å². The van der Waals surface area contributed by atoms with E-state index in [0.29, 0.717) is 6.42 Å². The highest BCUT2D eigenvalue weighted by molar-refractivity contribution is 9.10. The summed E-state index contributed by atoms with van der Waals surface area (Å²) in [6.07, 6.45) is 5.61. The van der Waals surface area contributed by atoms with Crippen LogP contribution in [-0.4, -0.2) is 5.78 Å². The van der Waals surface area contributed by atoms with Gasteiger partial charge in [0, 0.05) is 28.4 Å². The molecule has 0 radical (unpaired) electrons. The first-order valence-corrected chi connectivity index (χ1v) is 6.29. The van der Waals surface area contributed by atoms with E-state index in [4.69, 9.17) is 0 Å². The van der Waals surface area contributed by atoms with Gasteiger partial charge in [-0.05, 0) is 37.5 Å². The highest BCUT2D eigenvalue weighted by Gasteiger charge is 2.14. The minimum atomic E-state index is 0.286. The average Bonchev–Trinajstić information content (AvgIpc) is 2.28. The summed E-state index contributed by atoms with van der Waals surface area (Å²) in [5.74, 6) is 0.286. The fourth-order valence-electron chi connectivity index (χ4n) is 1.80. The Bertz CT molecular complexity index is 426. The second kappa shape index (κ2) is 5.30. The predicted molar refractivity (Wildman–Crippen MR) is 69.3 cm³/mol. The minimum absolute atomic E-state index is 0.286. The van der Waals surface area contributed by atoms with Gasteiger partial charge in [-0.1, -0.05) is 22.0 Å². The molecule has 0 unspecified atom stereocenters. The third-order valence-corrected chi connectivity index (χ3v) is 3.19. The van der Waals surface area contributed by atoms with E-state index in [1.54, 1.807) is 0 Å². The van der Waals surface area contributed by atoms with Crippen LogP contribution in [0.1, 0.15) is 25.7 Å². The molecule has 0 aliphatic heterocycles. The number of hydrogen-bond donors (Lipinski definition) is 1. The summed E-state index contributed by atoms with van der Waals surface area (Å²) in [5.41, 5.74) is 1.92. The van der Waals surface area contributed by atoms with Crippen molar-refractivity contribution in [2.75, 3.05) is 5.32 Å². The summed E-state index contributed by atoms with van der Waals surface area (Å²) < 4.78 is 1.03. The Morgan fingerprint density at radius 1 is 1.25 bits per heavy atom. The monoisotopic (exact) mass is 279 g/mol. The molecule has 0 bridgehead atoms. The van der Waals surface area contributed by atoms with E-state index in [0.717, 1.165) is 35.0 Å². The third kappa shape index (κ3) is 2.95. The molecule has 0 atom stereocenters. The fraction of sp³-hybridized carbons (Fsp3) is 0.308. The van der Waals surface area contributed by atoms with E-state index in [-0.39, 0.29) is 5.78 Å². The molecule has 1 N–H and O–H groups in total. The minimum Gasteiger partial charge on any atom is -0.361 e. The van der Waals surface area contributed by atoms with Gasteiger partial charge >= 0.3 is 0 Å². The Hall–Kier alpha value is -1.09. The Morgan fingerprint density at radius 2 is 2.06 bits per heavy atom. The van der Waals surface area contributed by atoms with Gasteiger partial charge in [0.15, 0.2) is 5.78 Å². The van der Waals surface area contributed by atoms with Crippen LogP contribution in [0.15, 0.2) is 40.5 Å². The summed E-state index contributed by atoms with van der Waals surface area (Å²) in [4.78, 5) is 11.6. The second-order valence-electron chi connectivity index (χ2n) is 3.95. The molecule has 0 saturated heterocycles. The molecule has 1 aromatic carbocycles. The highest BCUT2D eigenvalue weighted by atomic mass is 79.9. The molecule has 0 heterocycles. The zero-order chi connectivity index (χ0) is 11.4.